The smallest absolute Gasteiger partial charge is 0.416 e. The van der Waals surface area contributed by atoms with E-state index in [2.05, 4.69) is 4.40 Å². The summed E-state index contributed by atoms with van der Waals surface area (Å²) in [5.74, 6) is -2.49. The number of benzene rings is 1. The minimum atomic E-state index is -4.68. The van der Waals surface area contributed by atoms with Crippen LogP contribution >= 0.6 is 0 Å². The molecule has 2 rings (SSSR count). The summed E-state index contributed by atoms with van der Waals surface area (Å²) < 4.78 is 79.0. The van der Waals surface area contributed by atoms with Crippen molar-refractivity contribution in [2.45, 2.75) is 50.3 Å². The molecule has 0 aromatic heterocycles. The van der Waals surface area contributed by atoms with E-state index in [1.807, 2.05) is 0 Å². The first-order valence-electron chi connectivity index (χ1n) is 8.05. The van der Waals surface area contributed by atoms with Crippen molar-refractivity contribution in [3.8, 4) is 0 Å². The number of alkyl halides is 3. The zero-order valence-corrected chi connectivity index (χ0v) is 15.5. The second kappa shape index (κ2) is 7.84. The molecule has 1 unspecified atom stereocenters. The predicted molar refractivity (Wildman–Crippen MR) is 90.6 cm³/mol. The van der Waals surface area contributed by atoms with E-state index in [0.717, 1.165) is 12.1 Å². The molecule has 0 bridgehead atoms. The molecule has 1 aliphatic rings. The molecule has 0 amide bonds. The fourth-order valence-electron chi connectivity index (χ4n) is 2.42. The first kappa shape index (κ1) is 21.1. The van der Waals surface area contributed by atoms with E-state index in [-0.39, 0.29) is 31.6 Å². The highest BCUT2D eigenvalue weighted by Crippen LogP contribution is 2.39. The van der Waals surface area contributed by atoms with Crippen LogP contribution in [-0.2, 0) is 32.8 Å². The van der Waals surface area contributed by atoms with Crippen molar-refractivity contribution in [3.05, 3.63) is 35.1 Å². The van der Waals surface area contributed by atoms with Gasteiger partial charge in [-0.25, -0.2) is 4.39 Å². The molecule has 1 aromatic carbocycles. The molecule has 1 fully saturated rings. The highest BCUT2D eigenvalue weighted by atomic mass is 32.2. The molecule has 0 N–H and O–H groups in total. The summed E-state index contributed by atoms with van der Waals surface area (Å²) in [4.78, 5) is 0. The summed E-state index contributed by atoms with van der Waals surface area (Å²) >= 11 is -1.44. The Balaban J connectivity index is 2.20. The van der Waals surface area contributed by atoms with Gasteiger partial charge in [0.05, 0.1) is 25.0 Å². The molecular formula is C17H21F4NO3S. The Bertz CT molecular complexity index is 652. The average Bonchev–Trinajstić information content (AvgIpc) is 2.99. The fraction of sp³-hybridized carbons (Fsp3) is 0.588. The lowest BCUT2D eigenvalue weighted by molar-refractivity contribution is -0.170. The van der Waals surface area contributed by atoms with Gasteiger partial charge in [-0.05, 0) is 45.4 Å². The van der Waals surface area contributed by atoms with Crippen LogP contribution in [0.15, 0.2) is 22.6 Å². The van der Waals surface area contributed by atoms with E-state index in [9.17, 15) is 22.1 Å². The van der Waals surface area contributed by atoms with Gasteiger partial charge in [-0.1, -0.05) is 4.40 Å². The summed E-state index contributed by atoms with van der Waals surface area (Å²) in [5, 5.41) is 0. The molecule has 1 aliphatic heterocycles. The number of ether oxygens (including phenoxy) is 2. The van der Waals surface area contributed by atoms with Crippen LogP contribution in [0.3, 0.4) is 0 Å². The number of nitrogens with zero attached hydrogens (tertiary/aromatic N) is 1. The van der Waals surface area contributed by atoms with E-state index >= 15 is 0 Å². The maximum Gasteiger partial charge on any atom is 0.416 e. The summed E-state index contributed by atoms with van der Waals surface area (Å²) in [7, 11) is 0. The van der Waals surface area contributed by atoms with Gasteiger partial charge in [0, 0.05) is 12.0 Å². The number of halogens is 4. The quantitative estimate of drug-likeness (QED) is 0.423. The van der Waals surface area contributed by atoms with Crippen molar-refractivity contribution < 1.29 is 31.6 Å². The van der Waals surface area contributed by atoms with Gasteiger partial charge in [0.15, 0.2) is 5.79 Å². The van der Waals surface area contributed by atoms with Crippen molar-refractivity contribution in [1.82, 2.24) is 0 Å². The number of hydrogen-bond donors (Lipinski definition) is 0. The molecule has 0 radical (unpaired) electrons. The highest BCUT2D eigenvalue weighted by Gasteiger charge is 2.41. The Morgan fingerprint density at radius 3 is 2.35 bits per heavy atom. The van der Waals surface area contributed by atoms with E-state index in [0.29, 0.717) is 6.07 Å². The van der Waals surface area contributed by atoms with Crippen molar-refractivity contribution in [2.24, 2.45) is 4.40 Å². The highest BCUT2D eigenvalue weighted by molar-refractivity contribution is 7.91. The third-order valence-electron chi connectivity index (χ3n) is 3.72. The minimum Gasteiger partial charge on any atom is -0.591 e. The standard InChI is InChI=1S/C17H21F4NO3S/c1-15(2,3)26(23)22-6-4-5-16(24-7-8-25-16)12-9-13(17(19,20)21)11-14(18)10-12/h6,9-11H,4-5,7-8H2,1-3H3. The molecule has 26 heavy (non-hydrogen) atoms. The topological polar surface area (TPSA) is 53.9 Å². The monoisotopic (exact) mass is 395 g/mol. The SMILES string of the molecule is CC(C)(C)[S+]([O-])N=CCCC1(c2cc(F)cc(C(F)(F)F)c2)OCCO1. The van der Waals surface area contributed by atoms with Crippen LogP contribution in [-0.4, -0.2) is 28.7 Å². The van der Waals surface area contributed by atoms with Gasteiger partial charge in [-0.15, -0.1) is 0 Å². The van der Waals surface area contributed by atoms with Crippen molar-refractivity contribution in [1.29, 1.82) is 0 Å². The largest absolute Gasteiger partial charge is 0.591 e. The Morgan fingerprint density at radius 2 is 1.81 bits per heavy atom. The summed E-state index contributed by atoms with van der Waals surface area (Å²) in [6.07, 6.45) is -2.88. The lowest BCUT2D eigenvalue weighted by atomic mass is 9.98. The number of hydrogen-bond acceptors (Lipinski definition) is 4. The Kier molecular flexibility index (Phi) is 6.37. The normalized spacial score (nSPS) is 19.2. The number of rotatable bonds is 5. The molecular weight excluding hydrogens is 374 g/mol. The maximum atomic E-state index is 13.7. The first-order chi connectivity index (χ1) is 11.9. The first-order valence-corrected chi connectivity index (χ1v) is 9.15. The van der Waals surface area contributed by atoms with E-state index in [1.165, 1.54) is 6.21 Å². The van der Waals surface area contributed by atoms with Crippen LogP contribution in [0.25, 0.3) is 0 Å². The minimum absolute atomic E-state index is 0.0346. The average molecular weight is 395 g/mol. The lowest BCUT2D eigenvalue weighted by Gasteiger charge is -2.28. The zero-order valence-electron chi connectivity index (χ0n) is 14.7. The molecule has 9 heteroatoms. The van der Waals surface area contributed by atoms with Crippen molar-refractivity contribution in [3.63, 3.8) is 0 Å². The van der Waals surface area contributed by atoms with Crippen LogP contribution in [0, 0.1) is 5.82 Å². The summed E-state index contributed by atoms with van der Waals surface area (Å²) in [5.41, 5.74) is -1.14. The lowest BCUT2D eigenvalue weighted by Crippen LogP contribution is -2.28. The van der Waals surface area contributed by atoms with Gasteiger partial charge < -0.3 is 14.0 Å². The summed E-state index contributed by atoms with van der Waals surface area (Å²) in [6, 6.07) is 2.24. The fourth-order valence-corrected chi connectivity index (χ4v) is 2.97. The van der Waals surface area contributed by atoms with Gasteiger partial charge in [0.25, 0.3) is 0 Å². The van der Waals surface area contributed by atoms with Crippen molar-refractivity contribution >= 4 is 17.6 Å². The molecule has 146 valence electrons. The van der Waals surface area contributed by atoms with Gasteiger partial charge in [-0.3, -0.25) is 0 Å². The molecule has 1 saturated heterocycles. The van der Waals surface area contributed by atoms with Crippen LogP contribution in [0.4, 0.5) is 17.6 Å². The Morgan fingerprint density at radius 1 is 1.19 bits per heavy atom. The van der Waals surface area contributed by atoms with Crippen LogP contribution in [0.1, 0.15) is 44.7 Å². The van der Waals surface area contributed by atoms with E-state index < -0.39 is 39.5 Å². The zero-order chi connectivity index (χ0) is 19.6. The van der Waals surface area contributed by atoms with E-state index in [4.69, 9.17) is 9.47 Å². The maximum absolute atomic E-state index is 13.7. The van der Waals surface area contributed by atoms with Crippen LogP contribution in [0.5, 0.6) is 0 Å². The third kappa shape index (κ3) is 5.18. The Hall–Kier alpha value is -1.16. The van der Waals surface area contributed by atoms with Crippen LogP contribution < -0.4 is 0 Å². The second-order valence-electron chi connectivity index (χ2n) is 6.86. The van der Waals surface area contributed by atoms with Gasteiger partial charge >= 0.3 is 6.18 Å². The molecule has 1 atom stereocenters. The van der Waals surface area contributed by atoms with Crippen molar-refractivity contribution in [2.75, 3.05) is 13.2 Å². The summed E-state index contributed by atoms with van der Waals surface area (Å²) in [6.45, 7) is 5.69. The Labute approximate surface area is 152 Å². The second-order valence-corrected chi connectivity index (χ2v) is 8.80. The molecule has 1 heterocycles. The predicted octanol–water partition coefficient (Wildman–Crippen LogP) is 4.36. The van der Waals surface area contributed by atoms with Gasteiger partial charge in [0.1, 0.15) is 21.9 Å². The van der Waals surface area contributed by atoms with Gasteiger partial charge in [0.2, 0.25) is 0 Å². The molecule has 0 spiro atoms. The van der Waals surface area contributed by atoms with E-state index in [1.54, 1.807) is 20.8 Å². The van der Waals surface area contributed by atoms with Crippen LogP contribution in [0.2, 0.25) is 0 Å². The molecule has 1 aromatic rings. The molecule has 0 saturated carbocycles. The molecule has 0 aliphatic carbocycles. The molecule has 4 nitrogen and oxygen atoms in total. The van der Waals surface area contributed by atoms with Gasteiger partial charge in [-0.2, -0.15) is 13.2 Å². The third-order valence-corrected chi connectivity index (χ3v) is 5.10.